The zero-order chi connectivity index (χ0) is 20.6. The Labute approximate surface area is 162 Å². The molecule has 8 heteroatoms. The molecule has 8 nitrogen and oxygen atoms in total. The Kier molecular flexibility index (Phi) is 5.51. The quantitative estimate of drug-likeness (QED) is 0.573. The summed E-state index contributed by atoms with van der Waals surface area (Å²) in [6, 6.07) is 5.35. The highest BCUT2D eigenvalue weighted by atomic mass is 16.7. The molecule has 1 aromatic carbocycles. The molecule has 1 fully saturated rings. The largest absolute Gasteiger partial charge is 0.460 e. The monoisotopic (exact) mass is 389 g/mol. The van der Waals surface area contributed by atoms with Crippen molar-refractivity contribution in [2.45, 2.75) is 58.7 Å². The predicted molar refractivity (Wildman–Crippen MR) is 96.2 cm³/mol. The third-order valence-corrected chi connectivity index (χ3v) is 5.14. The first-order chi connectivity index (χ1) is 13.3. The van der Waals surface area contributed by atoms with Gasteiger partial charge in [-0.2, -0.15) is 0 Å². The molecule has 0 spiro atoms. The average Bonchev–Trinajstić information content (AvgIpc) is 2.88. The molecule has 0 N–H and O–H groups in total. The summed E-state index contributed by atoms with van der Waals surface area (Å²) in [6.45, 7) is 6.17. The van der Waals surface area contributed by atoms with Crippen LogP contribution in [0, 0.1) is 5.92 Å². The number of imide groups is 1. The van der Waals surface area contributed by atoms with E-state index in [9.17, 15) is 19.2 Å². The van der Waals surface area contributed by atoms with E-state index in [1.54, 1.807) is 24.3 Å². The minimum Gasteiger partial charge on any atom is -0.460 e. The van der Waals surface area contributed by atoms with Crippen LogP contribution < -0.4 is 0 Å². The van der Waals surface area contributed by atoms with Gasteiger partial charge < -0.3 is 14.2 Å². The summed E-state index contributed by atoms with van der Waals surface area (Å²) >= 11 is 0. The Hall–Kier alpha value is -2.74. The minimum absolute atomic E-state index is 0.251. The summed E-state index contributed by atoms with van der Waals surface area (Å²) in [5.74, 6) is -2.58. The van der Waals surface area contributed by atoms with E-state index >= 15 is 0 Å². The van der Waals surface area contributed by atoms with Crippen LogP contribution in [0.15, 0.2) is 24.3 Å². The van der Waals surface area contributed by atoms with Crippen LogP contribution in [0.25, 0.3) is 0 Å². The summed E-state index contributed by atoms with van der Waals surface area (Å²) in [5, 5.41) is 0. The molecule has 1 saturated heterocycles. The van der Waals surface area contributed by atoms with Gasteiger partial charge in [-0.1, -0.05) is 26.0 Å². The number of hydrogen-bond donors (Lipinski definition) is 0. The van der Waals surface area contributed by atoms with E-state index < -0.39 is 42.2 Å². The molecule has 0 saturated carbocycles. The van der Waals surface area contributed by atoms with E-state index in [1.807, 2.05) is 13.8 Å². The van der Waals surface area contributed by atoms with Crippen molar-refractivity contribution in [2.75, 3.05) is 0 Å². The number of nitrogens with zero attached hydrogens (tertiary/aromatic N) is 1. The van der Waals surface area contributed by atoms with Crippen molar-refractivity contribution in [3.63, 3.8) is 0 Å². The minimum atomic E-state index is -1.23. The van der Waals surface area contributed by atoms with Gasteiger partial charge in [0.25, 0.3) is 11.8 Å². The van der Waals surface area contributed by atoms with Gasteiger partial charge >= 0.3 is 11.9 Å². The SMILES string of the molecule is CC[C@H]1OC(OC(C)=O)[C@H](N2C(=O)c3ccccc3C2=O)[C@@H](OC(C)=O)[C@@H]1C. The van der Waals surface area contributed by atoms with Crippen molar-refractivity contribution in [2.24, 2.45) is 5.92 Å². The van der Waals surface area contributed by atoms with E-state index in [-0.39, 0.29) is 23.1 Å². The Morgan fingerprint density at radius 1 is 1.04 bits per heavy atom. The van der Waals surface area contributed by atoms with Crippen LogP contribution in [0.5, 0.6) is 0 Å². The Bertz CT molecular complexity index is 786. The summed E-state index contributed by atoms with van der Waals surface area (Å²) in [4.78, 5) is 50.4. The van der Waals surface area contributed by atoms with Crippen LogP contribution in [-0.4, -0.2) is 53.2 Å². The normalized spacial score (nSPS) is 29.4. The van der Waals surface area contributed by atoms with E-state index in [4.69, 9.17) is 14.2 Å². The van der Waals surface area contributed by atoms with Gasteiger partial charge in [0.05, 0.1) is 17.2 Å². The van der Waals surface area contributed by atoms with Gasteiger partial charge in [0.2, 0.25) is 6.29 Å². The second kappa shape index (κ2) is 7.71. The fourth-order valence-electron chi connectivity index (χ4n) is 3.90. The molecule has 0 radical (unpaired) electrons. The van der Waals surface area contributed by atoms with Crippen LogP contribution >= 0.6 is 0 Å². The van der Waals surface area contributed by atoms with Gasteiger partial charge in [-0.15, -0.1) is 0 Å². The summed E-state index contributed by atoms with van der Waals surface area (Å²) in [7, 11) is 0. The van der Waals surface area contributed by atoms with E-state index in [1.165, 1.54) is 13.8 Å². The first kappa shape index (κ1) is 20.0. The van der Waals surface area contributed by atoms with Crippen molar-refractivity contribution in [3.05, 3.63) is 35.4 Å². The van der Waals surface area contributed by atoms with E-state index in [0.29, 0.717) is 6.42 Å². The number of benzene rings is 1. The van der Waals surface area contributed by atoms with Crippen molar-refractivity contribution in [1.29, 1.82) is 0 Å². The lowest BCUT2D eigenvalue weighted by Gasteiger charge is -2.46. The van der Waals surface area contributed by atoms with Gasteiger partial charge in [0.15, 0.2) is 0 Å². The highest BCUT2D eigenvalue weighted by Gasteiger charge is 2.54. The molecule has 2 aliphatic heterocycles. The molecule has 0 aromatic heterocycles. The van der Waals surface area contributed by atoms with Crippen molar-refractivity contribution in [3.8, 4) is 0 Å². The van der Waals surface area contributed by atoms with Gasteiger partial charge in [-0.25, -0.2) is 0 Å². The molecule has 1 unspecified atom stereocenters. The van der Waals surface area contributed by atoms with Crippen LogP contribution in [0.4, 0.5) is 0 Å². The highest BCUT2D eigenvalue weighted by Crippen LogP contribution is 2.37. The molecule has 2 amide bonds. The summed E-state index contributed by atoms with van der Waals surface area (Å²) in [5.41, 5.74) is 0.502. The summed E-state index contributed by atoms with van der Waals surface area (Å²) in [6.07, 6.45) is -1.90. The van der Waals surface area contributed by atoms with Crippen LogP contribution in [0.1, 0.15) is 54.8 Å². The summed E-state index contributed by atoms with van der Waals surface area (Å²) < 4.78 is 16.7. The Morgan fingerprint density at radius 3 is 2.04 bits per heavy atom. The van der Waals surface area contributed by atoms with Gasteiger partial charge in [0, 0.05) is 19.8 Å². The topological polar surface area (TPSA) is 99.2 Å². The molecular weight excluding hydrogens is 366 g/mol. The maximum Gasteiger partial charge on any atom is 0.305 e. The molecule has 5 atom stereocenters. The fraction of sp³-hybridized carbons (Fsp3) is 0.500. The van der Waals surface area contributed by atoms with Crippen LogP contribution in [0.3, 0.4) is 0 Å². The molecule has 0 bridgehead atoms. The predicted octanol–water partition coefficient (Wildman–Crippen LogP) is 1.92. The smallest absolute Gasteiger partial charge is 0.305 e. The maximum atomic E-state index is 13.0. The maximum absolute atomic E-state index is 13.0. The third kappa shape index (κ3) is 3.40. The average molecular weight is 389 g/mol. The molecule has 2 aliphatic rings. The molecule has 1 aromatic rings. The lowest BCUT2D eigenvalue weighted by atomic mass is 9.86. The van der Waals surface area contributed by atoms with Crippen molar-refractivity contribution < 1.29 is 33.4 Å². The Balaban J connectivity index is 2.06. The molecular formula is C20H23NO7. The number of hydrogen-bond acceptors (Lipinski definition) is 7. The van der Waals surface area contributed by atoms with Gasteiger partial charge in [-0.05, 0) is 18.6 Å². The molecule has 2 heterocycles. The highest BCUT2D eigenvalue weighted by molar-refractivity contribution is 6.21. The molecule has 3 rings (SSSR count). The number of ether oxygens (including phenoxy) is 3. The number of amides is 2. The first-order valence-corrected chi connectivity index (χ1v) is 9.23. The second-order valence-electron chi connectivity index (χ2n) is 7.01. The lowest BCUT2D eigenvalue weighted by molar-refractivity contribution is -0.255. The number of carbonyl (C=O) groups is 4. The van der Waals surface area contributed by atoms with E-state index in [0.717, 1.165) is 4.90 Å². The van der Waals surface area contributed by atoms with Crippen LogP contribution in [0.2, 0.25) is 0 Å². The van der Waals surface area contributed by atoms with Crippen molar-refractivity contribution in [1.82, 2.24) is 4.90 Å². The molecule has 150 valence electrons. The molecule has 0 aliphatic carbocycles. The Morgan fingerprint density at radius 2 is 1.57 bits per heavy atom. The number of esters is 2. The number of rotatable bonds is 4. The standard InChI is InChI=1S/C20H23NO7/c1-5-15-10(2)17(26-11(3)22)16(20(28-15)27-12(4)23)21-18(24)13-8-6-7-9-14(13)19(21)25/h6-10,15-17,20H,5H2,1-4H3/t10-,15-,16-,17+,20?/m1/s1. The zero-order valence-corrected chi connectivity index (χ0v) is 16.2. The second-order valence-corrected chi connectivity index (χ2v) is 7.01. The first-order valence-electron chi connectivity index (χ1n) is 9.23. The van der Waals surface area contributed by atoms with Gasteiger partial charge in [0.1, 0.15) is 12.1 Å². The lowest BCUT2D eigenvalue weighted by Crippen LogP contribution is -2.63. The number of fused-ring (bicyclic) bond motifs is 1. The van der Waals surface area contributed by atoms with Gasteiger partial charge in [-0.3, -0.25) is 24.1 Å². The van der Waals surface area contributed by atoms with Crippen molar-refractivity contribution >= 4 is 23.8 Å². The van der Waals surface area contributed by atoms with Crippen LogP contribution in [-0.2, 0) is 23.8 Å². The number of carbonyl (C=O) groups excluding carboxylic acids is 4. The van der Waals surface area contributed by atoms with E-state index in [2.05, 4.69) is 0 Å². The fourth-order valence-corrected chi connectivity index (χ4v) is 3.90. The molecule has 28 heavy (non-hydrogen) atoms. The third-order valence-electron chi connectivity index (χ3n) is 5.14. The zero-order valence-electron chi connectivity index (χ0n) is 16.2.